The van der Waals surface area contributed by atoms with Gasteiger partial charge in [0.1, 0.15) is 0 Å². The van der Waals surface area contributed by atoms with Gasteiger partial charge in [0.05, 0.1) is 0 Å². The van der Waals surface area contributed by atoms with Crippen molar-refractivity contribution in [2.45, 2.75) is 39.0 Å². The molecule has 1 atom stereocenters. The van der Waals surface area contributed by atoms with Gasteiger partial charge in [-0.3, -0.25) is 10.3 Å². The molecular weight excluding hydrogens is 164 g/mol. The van der Waals surface area contributed by atoms with Crippen molar-refractivity contribution in [2.24, 2.45) is 0 Å². The zero-order chi connectivity index (χ0) is 9.52. The molecular formula is C9H15N4-. The van der Waals surface area contributed by atoms with Crippen LogP contribution in [0.15, 0.2) is 12.2 Å². The molecule has 0 bridgehead atoms. The Bertz CT molecular complexity index is 240. The summed E-state index contributed by atoms with van der Waals surface area (Å²) in [6.45, 7) is 4.25. The molecule has 1 unspecified atom stereocenters. The number of nitrogens with zero attached hydrogens (tertiary/aromatic N) is 4. The van der Waals surface area contributed by atoms with Crippen molar-refractivity contribution in [1.29, 1.82) is 0 Å². The Morgan fingerprint density at radius 1 is 1.38 bits per heavy atom. The molecule has 0 saturated heterocycles. The SMILES string of the molecule is CC/C=C/CC(CC)c1nnn[n-]1. The summed E-state index contributed by atoms with van der Waals surface area (Å²) in [5, 5.41) is 14.7. The van der Waals surface area contributed by atoms with Crippen LogP contribution in [0.5, 0.6) is 0 Å². The molecule has 1 aromatic rings. The smallest absolute Gasteiger partial charge is 0.0133 e. The fourth-order valence-electron chi connectivity index (χ4n) is 1.20. The molecule has 0 radical (unpaired) electrons. The van der Waals surface area contributed by atoms with Gasteiger partial charge in [-0.15, -0.1) is 0 Å². The molecule has 4 heteroatoms. The molecule has 0 fully saturated rings. The van der Waals surface area contributed by atoms with E-state index in [0.717, 1.165) is 25.1 Å². The van der Waals surface area contributed by atoms with E-state index in [-0.39, 0.29) is 0 Å². The number of tetrazole rings is 1. The minimum Gasteiger partial charge on any atom is -0.335 e. The minimum absolute atomic E-state index is 0.373. The summed E-state index contributed by atoms with van der Waals surface area (Å²) >= 11 is 0. The normalized spacial score (nSPS) is 13.7. The Hall–Kier alpha value is -1.19. The van der Waals surface area contributed by atoms with E-state index in [1.165, 1.54) is 0 Å². The topological polar surface area (TPSA) is 52.8 Å². The van der Waals surface area contributed by atoms with Gasteiger partial charge in [0, 0.05) is 5.82 Å². The van der Waals surface area contributed by atoms with Crippen molar-refractivity contribution in [3.8, 4) is 0 Å². The van der Waals surface area contributed by atoms with Crippen LogP contribution in [0.2, 0.25) is 0 Å². The highest BCUT2D eigenvalue weighted by molar-refractivity contribution is 4.95. The fourth-order valence-corrected chi connectivity index (χ4v) is 1.20. The minimum atomic E-state index is 0.373. The van der Waals surface area contributed by atoms with Crippen LogP contribution in [0, 0.1) is 0 Å². The summed E-state index contributed by atoms with van der Waals surface area (Å²) in [4.78, 5) is 0. The highest BCUT2D eigenvalue weighted by Crippen LogP contribution is 2.18. The number of aromatic nitrogens is 4. The Morgan fingerprint density at radius 3 is 2.77 bits per heavy atom. The van der Waals surface area contributed by atoms with Crippen LogP contribution in [0.25, 0.3) is 0 Å². The largest absolute Gasteiger partial charge is 0.335 e. The number of rotatable bonds is 5. The lowest BCUT2D eigenvalue weighted by Gasteiger charge is -2.11. The van der Waals surface area contributed by atoms with Crippen LogP contribution in [0.4, 0.5) is 0 Å². The number of hydrogen-bond acceptors (Lipinski definition) is 3. The Labute approximate surface area is 78.4 Å². The maximum atomic E-state index is 3.86. The first-order valence-electron chi connectivity index (χ1n) is 4.72. The van der Waals surface area contributed by atoms with Crippen molar-refractivity contribution in [3.05, 3.63) is 18.0 Å². The second-order valence-corrected chi connectivity index (χ2v) is 2.96. The summed E-state index contributed by atoms with van der Waals surface area (Å²) in [6, 6.07) is 0. The summed E-state index contributed by atoms with van der Waals surface area (Å²) in [5.74, 6) is 1.14. The average molecular weight is 179 g/mol. The maximum absolute atomic E-state index is 3.86. The number of allylic oxidation sites excluding steroid dienone is 2. The molecule has 0 aliphatic rings. The Morgan fingerprint density at radius 2 is 2.23 bits per heavy atom. The van der Waals surface area contributed by atoms with Crippen LogP contribution in [-0.4, -0.2) is 15.5 Å². The van der Waals surface area contributed by atoms with E-state index in [0.29, 0.717) is 5.92 Å². The zero-order valence-corrected chi connectivity index (χ0v) is 8.14. The molecule has 13 heavy (non-hydrogen) atoms. The summed E-state index contributed by atoms with van der Waals surface area (Å²) < 4.78 is 0. The van der Waals surface area contributed by atoms with Gasteiger partial charge >= 0.3 is 0 Å². The van der Waals surface area contributed by atoms with Gasteiger partial charge in [0.15, 0.2) is 0 Å². The monoisotopic (exact) mass is 179 g/mol. The second-order valence-electron chi connectivity index (χ2n) is 2.96. The van der Waals surface area contributed by atoms with Gasteiger partial charge in [-0.2, -0.15) is 5.21 Å². The molecule has 0 aromatic carbocycles. The Balaban J connectivity index is 2.49. The molecule has 0 aliphatic heterocycles. The van der Waals surface area contributed by atoms with Gasteiger partial charge in [-0.25, -0.2) is 0 Å². The van der Waals surface area contributed by atoms with Crippen molar-refractivity contribution in [2.75, 3.05) is 0 Å². The molecule has 1 rings (SSSR count). The van der Waals surface area contributed by atoms with E-state index in [4.69, 9.17) is 0 Å². The highest BCUT2D eigenvalue weighted by atomic mass is 15.5. The van der Waals surface area contributed by atoms with E-state index in [9.17, 15) is 0 Å². The summed E-state index contributed by atoms with van der Waals surface area (Å²) in [5.41, 5.74) is 0. The van der Waals surface area contributed by atoms with E-state index in [1.807, 2.05) is 0 Å². The van der Waals surface area contributed by atoms with Crippen LogP contribution in [-0.2, 0) is 0 Å². The lowest BCUT2D eigenvalue weighted by atomic mass is 10.0. The van der Waals surface area contributed by atoms with Crippen LogP contribution in [0.3, 0.4) is 0 Å². The quantitative estimate of drug-likeness (QED) is 0.645. The van der Waals surface area contributed by atoms with Gasteiger partial charge < -0.3 is 5.10 Å². The van der Waals surface area contributed by atoms with E-state index >= 15 is 0 Å². The molecule has 4 nitrogen and oxygen atoms in total. The van der Waals surface area contributed by atoms with E-state index in [1.54, 1.807) is 0 Å². The number of hydrogen-bond donors (Lipinski definition) is 0. The van der Waals surface area contributed by atoms with Gasteiger partial charge in [0.25, 0.3) is 0 Å². The molecule has 1 heterocycles. The lowest BCUT2D eigenvalue weighted by Crippen LogP contribution is -2.00. The van der Waals surface area contributed by atoms with Crippen molar-refractivity contribution >= 4 is 0 Å². The van der Waals surface area contributed by atoms with Gasteiger partial charge in [-0.05, 0) is 25.2 Å². The average Bonchev–Trinajstić information content (AvgIpc) is 2.65. The lowest BCUT2D eigenvalue weighted by molar-refractivity contribution is 0.626. The summed E-state index contributed by atoms with van der Waals surface area (Å²) in [7, 11) is 0. The fraction of sp³-hybridized carbons (Fsp3) is 0.667. The molecule has 1 aromatic heterocycles. The third-order valence-electron chi connectivity index (χ3n) is 2.02. The zero-order valence-electron chi connectivity index (χ0n) is 8.14. The second kappa shape index (κ2) is 5.45. The molecule has 0 saturated carbocycles. The van der Waals surface area contributed by atoms with Gasteiger partial charge in [-0.1, -0.05) is 26.0 Å². The van der Waals surface area contributed by atoms with Crippen LogP contribution >= 0.6 is 0 Å². The first-order valence-corrected chi connectivity index (χ1v) is 4.72. The Kier molecular flexibility index (Phi) is 4.15. The third kappa shape index (κ3) is 2.97. The first kappa shape index (κ1) is 9.89. The summed E-state index contributed by atoms with van der Waals surface area (Å²) in [6.07, 6.45) is 7.42. The molecule has 0 N–H and O–H groups in total. The first-order chi connectivity index (χ1) is 6.38. The van der Waals surface area contributed by atoms with Crippen molar-refractivity contribution in [3.63, 3.8) is 0 Å². The van der Waals surface area contributed by atoms with Crippen molar-refractivity contribution in [1.82, 2.24) is 20.6 Å². The van der Waals surface area contributed by atoms with E-state index in [2.05, 4.69) is 46.6 Å². The standard InChI is InChI=1S/C9H15N4/c1-3-5-6-7-8(4-2)9-10-12-13-11-9/h5-6,8H,3-4,7H2,1-2H3/q-1/b6-5+. The van der Waals surface area contributed by atoms with Crippen LogP contribution < -0.4 is 5.10 Å². The van der Waals surface area contributed by atoms with Gasteiger partial charge in [0.2, 0.25) is 0 Å². The molecule has 72 valence electrons. The highest BCUT2D eigenvalue weighted by Gasteiger charge is 2.04. The third-order valence-corrected chi connectivity index (χ3v) is 2.02. The maximum Gasteiger partial charge on any atom is 0.0133 e. The predicted molar refractivity (Wildman–Crippen MR) is 50.2 cm³/mol. The van der Waals surface area contributed by atoms with Crippen molar-refractivity contribution < 1.29 is 0 Å². The van der Waals surface area contributed by atoms with Crippen LogP contribution in [0.1, 0.15) is 44.9 Å². The molecule has 0 amide bonds. The molecule has 0 aliphatic carbocycles. The van der Waals surface area contributed by atoms with E-state index < -0.39 is 0 Å². The molecule has 0 spiro atoms. The predicted octanol–water partition coefficient (Wildman–Crippen LogP) is 1.68.